The molecule has 1 aromatic heterocycles. The first-order chi connectivity index (χ1) is 15.0. The number of ether oxygens (including phenoxy) is 1. The topological polar surface area (TPSA) is 93.8 Å². The fraction of sp³-hybridized carbons (Fsp3) is 0.640. The van der Waals surface area contributed by atoms with Crippen LogP contribution in [0.1, 0.15) is 107 Å². The Balaban J connectivity index is 0.000000743. The van der Waals surface area contributed by atoms with Crippen molar-refractivity contribution in [2.45, 2.75) is 96.8 Å². The molecule has 0 aliphatic carbocycles. The van der Waals surface area contributed by atoms with Crippen LogP contribution < -0.4 is 5.63 Å². The summed E-state index contributed by atoms with van der Waals surface area (Å²) in [5.41, 5.74) is -0.579. The van der Waals surface area contributed by atoms with Gasteiger partial charge < -0.3 is 14.3 Å². The van der Waals surface area contributed by atoms with Crippen LogP contribution >= 0.6 is 0 Å². The van der Waals surface area contributed by atoms with Gasteiger partial charge in [-0.2, -0.15) is 0 Å². The SMILES string of the molecule is CCCCCCCCC=CCCCCCCCC(=O)OC.O=C(O)c1ccc(=O)oc1. The molecule has 1 heterocycles. The summed E-state index contributed by atoms with van der Waals surface area (Å²) in [5, 5.41) is 8.31. The molecule has 0 spiro atoms. The van der Waals surface area contributed by atoms with Gasteiger partial charge in [0, 0.05) is 12.5 Å². The van der Waals surface area contributed by atoms with Crippen molar-refractivity contribution in [3.8, 4) is 0 Å². The first-order valence-electron chi connectivity index (χ1n) is 11.5. The van der Waals surface area contributed by atoms with E-state index in [1.807, 2.05) is 0 Å². The van der Waals surface area contributed by atoms with E-state index in [-0.39, 0.29) is 11.5 Å². The van der Waals surface area contributed by atoms with Crippen LogP contribution in [-0.4, -0.2) is 24.2 Å². The second-order valence-corrected chi connectivity index (χ2v) is 7.56. The number of carbonyl (C=O) groups is 2. The zero-order valence-corrected chi connectivity index (χ0v) is 19.3. The van der Waals surface area contributed by atoms with E-state index in [4.69, 9.17) is 5.11 Å². The molecule has 1 rings (SSSR count). The minimum atomic E-state index is -1.11. The van der Waals surface area contributed by atoms with E-state index in [0.29, 0.717) is 6.42 Å². The molecular weight excluding hydrogens is 396 g/mol. The lowest BCUT2D eigenvalue weighted by atomic mass is 10.1. The monoisotopic (exact) mass is 436 g/mol. The molecule has 0 aliphatic heterocycles. The molecule has 0 unspecified atom stereocenters. The lowest BCUT2D eigenvalue weighted by Crippen LogP contribution is -2.00. The highest BCUT2D eigenvalue weighted by atomic mass is 16.5. The third-order valence-corrected chi connectivity index (χ3v) is 4.82. The number of unbranched alkanes of at least 4 members (excludes halogenated alkanes) is 11. The first-order valence-corrected chi connectivity index (χ1v) is 11.5. The minimum absolute atomic E-state index is 0.0281. The summed E-state index contributed by atoms with van der Waals surface area (Å²) < 4.78 is 8.90. The van der Waals surface area contributed by atoms with E-state index in [0.717, 1.165) is 25.2 Å². The van der Waals surface area contributed by atoms with Crippen molar-refractivity contribution in [2.24, 2.45) is 0 Å². The maximum Gasteiger partial charge on any atom is 0.338 e. The molecule has 0 amide bonds. The van der Waals surface area contributed by atoms with Crippen molar-refractivity contribution >= 4 is 11.9 Å². The minimum Gasteiger partial charge on any atom is -0.478 e. The van der Waals surface area contributed by atoms with Crippen LogP contribution in [0.5, 0.6) is 0 Å². The molecule has 0 saturated heterocycles. The number of carbonyl (C=O) groups excluding carboxylic acids is 1. The molecule has 0 saturated carbocycles. The van der Waals surface area contributed by atoms with Gasteiger partial charge in [0.05, 0.1) is 12.7 Å². The molecule has 0 aromatic carbocycles. The quantitative estimate of drug-likeness (QED) is 0.180. The Morgan fingerprint density at radius 2 is 1.45 bits per heavy atom. The van der Waals surface area contributed by atoms with Crippen molar-refractivity contribution in [1.82, 2.24) is 0 Å². The average molecular weight is 437 g/mol. The highest BCUT2D eigenvalue weighted by Crippen LogP contribution is 2.10. The van der Waals surface area contributed by atoms with Crippen LogP contribution in [-0.2, 0) is 9.53 Å². The zero-order valence-electron chi connectivity index (χ0n) is 19.3. The van der Waals surface area contributed by atoms with Gasteiger partial charge in [0.2, 0.25) is 0 Å². The van der Waals surface area contributed by atoms with Crippen molar-refractivity contribution in [3.63, 3.8) is 0 Å². The molecule has 176 valence electrons. The molecule has 0 aliphatic rings. The number of methoxy groups -OCH3 is 1. The highest BCUT2D eigenvalue weighted by molar-refractivity contribution is 5.86. The Labute approximate surface area is 186 Å². The summed E-state index contributed by atoms with van der Waals surface area (Å²) in [6.07, 6.45) is 22.9. The normalized spacial score (nSPS) is 10.5. The first kappa shape index (κ1) is 28.6. The number of carboxylic acids is 1. The Morgan fingerprint density at radius 1 is 0.903 bits per heavy atom. The fourth-order valence-corrected chi connectivity index (χ4v) is 2.92. The van der Waals surface area contributed by atoms with Crippen LogP contribution in [0.3, 0.4) is 0 Å². The summed E-state index contributed by atoms with van der Waals surface area (Å²) in [7, 11) is 1.46. The summed E-state index contributed by atoms with van der Waals surface area (Å²) in [6, 6.07) is 2.25. The molecule has 1 N–H and O–H groups in total. The number of hydrogen-bond acceptors (Lipinski definition) is 5. The molecule has 0 radical (unpaired) electrons. The van der Waals surface area contributed by atoms with Crippen LogP contribution in [0.25, 0.3) is 0 Å². The van der Waals surface area contributed by atoms with Gasteiger partial charge in [0.15, 0.2) is 0 Å². The van der Waals surface area contributed by atoms with Gasteiger partial charge in [0.1, 0.15) is 6.26 Å². The van der Waals surface area contributed by atoms with Crippen LogP contribution in [0.4, 0.5) is 0 Å². The van der Waals surface area contributed by atoms with Crippen molar-refractivity contribution < 1.29 is 23.8 Å². The Bertz CT molecular complexity index is 642. The number of esters is 1. The maximum atomic E-state index is 10.9. The molecule has 0 fully saturated rings. The molecular formula is C25H40O6. The van der Waals surface area contributed by atoms with E-state index in [1.54, 1.807) is 0 Å². The van der Waals surface area contributed by atoms with Gasteiger partial charge in [-0.25, -0.2) is 9.59 Å². The third-order valence-electron chi connectivity index (χ3n) is 4.82. The Morgan fingerprint density at radius 3 is 1.94 bits per heavy atom. The lowest BCUT2D eigenvalue weighted by molar-refractivity contribution is -0.140. The molecule has 31 heavy (non-hydrogen) atoms. The predicted octanol–water partition coefficient (Wildman–Crippen LogP) is 6.53. The standard InChI is InChI=1S/C19H36O2.C6H4O4/c1-3-4-5-6-7-8-9-10-11-12-13-14-15-16-17-18-19(20)21-2;7-5-2-1-4(3-10-5)6(8)9/h10-11H,3-9,12-18H2,1-2H3;1-3H,(H,8,9). The van der Waals surface area contributed by atoms with Gasteiger partial charge >= 0.3 is 17.6 Å². The van der Waals surface area contributed by atoms with E-state index in [1.165, 1.54) is 83.8 Å². The van der Waals surface area contributed by atoms with Crippen LogP contribution in [0, 0.1) is 0 Å². The van der Waals surface area contributed by atoms with Gasteiger partial charge in [0.25, 0.3) is 0 Å². The van der Waals surface area contributed by atoms with E-state index >= 15 is 0 Å². The molecule has 0 bridgehead atoms. The number of hydrogen-bond donors (Lipinski definition) is 1. The smallest absolute Gasteiger partial charge is 0.338 e. The van der Waals surface area contributed by atoms with Crippen molar-refractivity contribution in [1.29, 1.82) is 0 Å². The van der Waals surface area contributed by atoms with E-state index in [9.17, 15) is 14.4 Å². The van der Waals surface area contributed by atoms with Crippen LogP contribution in [0.2, 0.25) is 0 Å². The second kappa shape index (κ2) is 20.9. The molecule has 0 atom stereocenters. The summed E-state index contributed by atoms with van der Waals surface area (Å²) in [4.78, 5) is 31.3. The van der Waals surface area contributed by atoms with Crippen molar-refractivity contribution in [2.75, 3.05) is 7.11 Å². The van der Waals surface area contributed by atoms with Crippen molar-refractivity contribution in [3.05, 3.63) is 46.5 Å². The number of allylic oxidation sites excluding steroid dienone is 2. The average Bonchev–Trinajstić information content (AvgIpc) is 2.77. The summed E-state index contributed by atoms with van der Waals surface area (Å²) in [6.45, 7) is 2.27. The van der Waals surface area contributed by atoms with Gasteiger partial charge in [-0.1, -0.05) is 70.4 Å². The molecule has 6 nitrogen and oxygen atoms in total. The highest BCUT2D eigenvalue weighted by Gasteiger charge is 2.01. The molecule has 1 aromatic rings. The van der Waals surface area contributed by atoms with E-state index in [2.05, 4.69) is 28.2 Å². The van der Waals surface area contributed by atoms with Gasteiger partial charge in [-0.3, -0.25) is 4.79 Å². The van der Waals surface area contributed by atoms with E-state index < -0.39 is 11.6 Å². The largest absolute Gasteiger partial charge is 0.478 e. The Kier molecular flexibility index (Phi) is 19.3. The lowest BCUT2D eigenvalue weighted by Gasteiger charge is -2.00. The number of rotatable bonds is 16. The predicted molar refractivity (Wildman–Crippen MR) is 123 cm³/mol. The number of carboxylic acid groups (broad SMARTS) is 1. The maximum absolute atomic E-state index is 10.9. The molecule has 6 heteroatoms. The fourth-order valence-electron chi connectivity index (χ4n) is 2.92. The third kappa shape index (κ3) is 19.3. The Hall–Kier alpha value is -2.37. The van der Waals surface area contributed by atoms with Crippen LogP contribution in [0.15, 0.2) is 39.8 Å². The van der Waals surface area contributed by atoms with Gasteiger partial charge in [-0.05, 0) is 38.2 Å². The number of aromatic carboxylic acids is 1. The second-order valence-electron chi connectivity index (χ2n) is 7.56. The summed E-state index contributed by atoms with van der Waals surface area (Å²) >= 11 is 0. The summed E-state index contributed by atoms with van der Waals surface area (Å²) in [5.74, 6) is -1.18. The zero-order chi connectivity index (χ0) is 23.2. The van der Waals surface area contributed by atoms with Gasteiger partial charge in [-0.15, -0.1) is 0 Å².